The molecule has 0 radical (unpaired) electrons. The normalized spacial score (nSPS) is 11.4. The Morgan fingerprint density at radius 1 is 1.37 bits per heavy atom. The number of hydrogen-bond donors (Lipinski definition) is 1. The minimum atomic E-state index is -2.99. The van der Waals surface area contributed by atoms with Crippen molar-refractivity contribution in [3.8, 4) is 5.75 Å². The van der Waals surface area contributed by atoms with Gasteiger partial charge in [0.15, 0.2) is 5.78 Å². The first-order valence-corrected chi connectivity index (χ1v) is 9.73. The van der Waals surface area contributed by atoms with Crippen LogP contribution in [0.15, 0.2) is 40.9 Å². The quantitative estimate of drug-likeness (QED) is 0.424. The lowest BCUT2D eigenvalue weighted by Gasteiger charge is -2.10. The minimum Gasteiger partial charge on any atom is -0.434 e. The van der Waals surface area contributed by atoms with Crippen LogP contribution >= 0.6 is 23.1 Å². The van der Waals surface area contributed by atoms with E-state index in [2.05, 4.69) is 19.9 Å². The standard InChI is InChI=1S/C18H15F2N3O2S2/c1-11-4-6-15(25-17(19)20)13(9-11)14(24)10-27-18-21-16(22-23-18)7-5-12-3-2-8-26-12/h2-9,17H,10H2,1H3,(H,21,22,23)/b7-5+. The molecule has 0 saturated heterocycles. The fourth-order valence-corrected chi connectivity index (χ4v) is 3.52. The molecule has 2 aromatic heterocycles. The highest BCUT2D eigenvalue weighted by molar-refractivity contribution is 7.99. The third-order valence-electron chi connectivity index (χ3n) is 3.41. The van der Waals surface area contributed by atoms with Crippen molar-refractivity contribution >= 4 is 41.0 Å². The molecule has 0 atom stereocenters. The number of aromatic nitrogens is 3. The number of hydrogen-bond acceptors (Lipinski definition) is 6. The molecule has 0 aliphatic carbocycles. The first-order valence-electron chi connectivity index (χ1n) is 7.87. The van der Waals surface area contributed by atoms with Crippen LogP contribution in [0.5, 0.6) is 5.75 Å². The van der Waals surface area contributed by atoms with E-state index in [0.29, 0.717) is 11.0 Å². The minimum absolute atomic E-state index is 0.00891. The number of thioether (sulfide) groups is 1. The number of rotatable bonds is 8. The third-order valence-corrected chi connectivity index (χ3v) is 5.10. The van der Waals surface area contributed by atoms with Crippen LogP contribution in [0.4, 0.5) is 8.78 Å². The molecular formula is C18H15F2N3O2S2. The molecule has 3 rings (SSSR count). The number of aryl methyl sites for hydroxylation is 1. The van der Waals surface area contributed by atoms with Gasteiger partial charge in [0.1, 0.15) is 11.6 Å². The number of carbonyl (C=O) groups is 1. The van der Waals surface area contributed by atoms with Crippen molar-refractivity contribution in [2.45, 2.75) is 18.7 Å². The third kappa shape index (κ3) is 5.48. The second kappa shape index (κ2) is 8.92. The van der Waals surface area contributed by atoms with E-state index in [1.165, 1.54) is 12.1 Å². The SMILES string of the molecule is Cc1ccc(OC(F)F)c(C(=O)CSc2n[nH]c(/C=C/c3cccs3)n2)c1. The number of benzene rings is 1. The van der Waals surface area contributed by atoms with Gasteiger partial charge in [-0.25, -0.2) is 4.98 Å². The number of ketones is 1. The number of halogens is 2. The summed E-state index contributed by atoms with van der Waals surface area (Å²) in [6, 6.07) is 8.46. The molecule has 0 aliphatic rings. The van der Waals surface area contributed by atoms with Crippen LogP contribution in [-0.4, -0.2) is 33.3 Å². The van der Waals surface area contributed by atoms with Gasteiger partial charge in [0, 0.05) is 4.88 Å². The summed E-state index contributed by atoms with van der Waals surface area (Å²) in [4.78, 5) is 17.8. The molecule has 0 unspecified atom stereocenters. The number of alkyl halides is 2. The van der Waals surface area contributed by atoms with Crippen molar-refractivity contribution in [2.24, 2.45) is 0 Å². The molecule has 0 spiro atoms. The molecular weight excluding hydrogens is 392 g/mol. The number of thiophene rings is 1. The molecule has 0 bridgehead atoms. The highest BCUT2D eigenvalue weighted by Crippen LogP contribution is 2.25. The maximum Gasteiger partial charge on any atom is 0.387 e. The number of nitrogens with zero attached hydrogens (tertiary/aromatic N) is 2. The number of nitrogens with one attached hydrogen (secondary N) is 1. The van der Waals surface area contributed by atoms with Crippen molar-refractivity contribution < 1.29 is 18.3 Å². The monoisotopic (exact) mass is 407 g/mol. The largest absolute Gasteiger partial charge is 0.434 e. The number of ether oxygens (including phenoxy) is 1. The van der Waals surface area contributed by atoms with Gasteiger partial charge in [-0.2, -0.15) is 8.78 Å². The first-order chi connectivity index (χ1) is 13.0. The zero-order valence-corrected chi connectivity index (χ0v) is 15.8. The molecule has 0 aliphatic heterocycles. The van der Waals surface area contributed by atoms with E-state index in [4.69, 9.17) is 0 Å². The van der Waals surface area contributed by atoms with Gasteiger partial charge in [-0.3, -0.25) is 9.89 Å². The van der Waals surface area contributed by atoms with Crippen LogP contribution in [0.2, 0.25) is 0 Å². The Hall–Kier alpha value is -2.52. The van der Waals surface area contributed by atoms with E-state index in [1.54, 1.807) is 30.4 Å². The molecule has 5 nitrogen and oxygen atoms in total. The van der Waals surface area contributed by atoms with Crippen LogP contribution in [0.25, 0.3) is 12.2 Å². The van der Waals surface area contributed by atoms with Gasteiger partial charge in [0.25, 0.3) is 0 Å². The van der Waals surface area contributed by atoms with E-state index in [1.807, 2.05) is 23.6 Å². The Kier molecular flexibility index (Phi) is 6.36. The summed E-state index contributed by atoms with van der Waals surface area (Å²) >= 11 is 2.73. The summed E-state index contributed by atoms with van der Waals surface area (Å²) in [7, 11) is 0. The van der Waals surface area contributed by atoms with Crippen LogP contribution in [0, 0.1) is 6.92 Å². The highest BCUT2D eigenvalue weighted by atomic mass is 32.2. The lowest BCUT2D eigenvalue weighted by molar-refractivity contribution is -0.0501. The van der Waals surface area contributed by atoms with Gasteiger partial charge in [0.2, 0.25) is 5.16 Å². The Labute approximate surface area is 162 Å². The van der Waals surface area contributed by atoms with Gasteiger partial charge in [-0.1, -0.05) is 29.5 Å². The van der Waals surface area contributed by atoms with Crippen molar-refractivity contribution in [3.63, 3.8) is 0 Å². The van der Waals surface area contributed by atoms with Gasteiger partial charge < -0.3 is 4.74 Å². The van der Waals surface area contributed by atoms with Crippen molar-refractivity contribution in [1.29, 1.82) is 0 Å². The molecule has 9 heteroatoms. The highest BCUT2D eigenvalue weighted by Gasteiger charge is 2.17. The average molecular weight is 407 g/mol. The maximum absolute atomic E-state index is 12.5. The molecule has 140 valence electrons. The molecule has 0 fully saturated rings. The van der Waals surface area contributed by atoms with E-state index in [0.717, 1.165) is 22.2 Å². The molecule has 1 aromatic carbocycles. The fraction of sp³-hybridized carbons (Fsp3) is 0.167. The lowest BCUT2D eigenvalue weighted by atomic mass is 10.1. The smallest absolute Gasteiger partial charge is 0.387 e. The predicted octanol–water partition coefficient (Wildman–Crippen LogP) is 4.92. The number of Topliss-reactive ketones (excluding diaryl/α,β-unsaturated/α-hetero) is 1. The summed E-state index contributed by atoms with van der Waals surface area (Å²) in [5.74, 6) is 0.112. The summed E-state index contributed by atoms with van der Waals surface area (Å²) in [6.45, 7) is -1.21. The molecule has 0 saturated carbocycles. The summed E-state index contributed by atoms with van der Waals surface area (Å²) in [5.41, 5.74) is 0.903. The van der Waals surface area contributed by atoms with Gasteiger partial charge in [0.05, 0.1) is 11.3 Å². The zero-order valence-electron chi connectivity index (χ0n) is 14.2. The Morgan fingerprint density at radius 2 is 2.22 bits per heavy atom. The molecule has 2 heterocycles. The number of H-pyrrole nitrogens is 1. The van der Waals surface area contributed by atoms with E-state index >= 15 is 0 Å². The molecule has 0 amide bonds. The topological polar surface area (TPSA) is 67.9 Å². The second-order valence-corrected chi connectivity index (χ2v) is 7.36. The lowest BCUT2D eigenvalue weighted by Crippen LogP contribution is -2.10. The van der Waals surface area contributed by atoms with E-state index < -0.39 is 6.61 Å². The average Bonchev–Trinajstić information content (AvgIpc) is 3.30. The number of aromatic amines is 1. The van der Waals surface area contributed by atoms with Crippen LogP contribution in [0.1, 0.15) is 26.6 Å². The Balaban J connectivity index is 1.63. The summed E-state index contributed by atoms with van der Waals surface area (Å²) < 4.78 is 29.5. The van der Waals surface area contributed by atoms with Gasteiger partial charge in [-0.05, 0) is 42.7 Å². The van der Waals surface area contributed by atoms with Crippen molar-refractivity contribution in [1.82, 2.24) is 15.2 Å². The van der Waals surface area contributed by atoms with E-state index in [9.17, 15) is 13.6 Å². The predicted molar refractivity (Wildman–Crippen MR) is 102 cm³/mol. The molecule has 3 aromatic rings. The van der Waals surface area contributed by atoms with Crippen LogP contribution in [-0.2, 0) is 0 Å². The van der Waals surface area contributed by atoms with E-state index in [-0.39, 0.29) is 22.8 Å². The molecule has 27 heavy (non-hydrogen) atoms. The maximum atomic E-state index is 12.5. The Morgan fingerprint density at radius 3 is 2.96 bits per heavy atom. The first kappa shape index (κ1) is 19.2. The summed E-state index contributed by atoms with van der Waals surface area (Å²) in [6.07, 6.45) is 3.70. The molecule has 1 N–H and O–H groups in total. The summed E-state index contributed by atoms with van der Waals surface area (Å²) in [5, 5.41) is 9.20. The number of carbonyl (C=O) groups excluding carboxylic acids is 1. The van der Waals surface area contributed by atoms with Crippen LogP contribution < -0.4 is 4.74 Å². The van der Waals surface area contributed by atoms with Crippen molar-refractivity contribution in [3.05, 3.63) is 57.5 Å². The fourth-order valence-electron chi connectivity index (χ4n) is 2.21. The Bertz CT molecular complexity index is 940. The van der Waals surface area contributed by atoms with Gasteiger partial charge in [-0.15, -0.1) is 16.4 Å². The second-order valence-electron chi connectivity index (χ2n) is 5.44. The van der Waals surface area contributed by atoms with Crippen LogP contribution in [0.3, 0.4) is 0 Å². The van der Waals surface area contributed by atoms with Gasteiger partial charge >= 0.3 is 6.61 Å². The zero-order chi connectivity index (χ0) is 19.2. The van der Waals surface area contributed by atoms with Crippen molar-refractivity contribution in [2.75, 3.05) is 5.75 Å².